The summed E-state index contributed by atoms with van der Waals surface area (Å²) in [4.78, 5) is 20.1. The van der Waals surface area contributed by atoms with Crippen molar-refractivity contribution in [1.29, 1.82) is 5.26 Å². The van der Waals surface area contributed by atoms with Gasteiger partial charge in [-0.1, -0.05) is 37.2 Å². The molecular weight excluding hydrogens is 324 g/mol. The number of aromatic nitrogens is 2. The number of hydrogen-bond acceptors (Lipinski definition) is 7. The summed E-state index contributed by atoms with van der Waals surface area (Å²) >= 11 is 1.44. The summed E-state index contributed by atoms with van der Waals surface area (Å²) in [6, 6.07) is 9.23. The summed E-state index contributed by atoms with van der Waals surface area (Å²) in [5.74, 6) is 0.499. The van der Waals surface area contributed by atoms with E-state index in [-0.39, 0.29) is 11.8 Å². The second kappa shape index (κ2) is 8.31. The quantitative estimate of drug-likeness (QED) is 0.489. The number of nitrogens with zero attached hydrogens (tertiary/aromatic N) is 3. The summed E-state index contributed by atoms with van der Waals surface area (Å²) in [6.07, 6.45) is 1.57. The molecule has 1 aromatic carbocycles. The van der Waals surface area contributed by atoms with E-state index in [1.54, 1.807) is 12.1 Å². The van der Waals surface area contributed by atoms with E-state index in [9.17, 15) is 4.79 Å². The molecule has 2 rings (SSSR count). The molecule has 2 aromatic rings. The number of benzene rings is 1. The minimum Gasteiger partial charge on any atom is -0.465 e. The van der Waals surface area contributed by atoms with Crippen molar-refractivity contribution < 1.29 is 9.53 Å². The number of nitrogen functional groups attached to an aromatic ring is 1. The van der Waals surface area contributed by atoms with Crippen LogP contribution in [-0.4, -0.2) is 23.0 Å². The van der Waals surface area contributed by atoms with Crippen LogP contribution in [0, 0.1) is 11.3 Å². The van der Waals surface area contributed by atoms with Crippen LogP contribution in [0.3, 0.4) is 0 Å². The molecule has 2 N–H and O–H groups in total. The molecule has 6 nitrogen and oxygen atoms in total. The van der Waals surface area contributed by atoms with E-state index in [0.29, 0.717) is 34.2 Å². The predicted molar refractivity (Wildman–Crippen MR) is 92.5 cm³/mol. The van der Waals surface area contributed by atoms with Crippen LogP contribution in [0.4, 0.5) is 5.82 Å². The fraction of sp³-hybridized carbons (Fsp3) is 0.294. The Bertz CT molecular complexity index is 769. The molecule has 0 aliphatic heterocycles. The summed E-state index contributed by atoms with van der Waals surface area (Å²) in [7, 11) is 1.35. The Morgan fingerprint density at radius 3 is 2.62 bits per heavy atom. The minimum atomic E-state index is -0.360. The largest absolute Gasteiger partial charge is 0.465 e. The third-order valence-corrected chi connectivity index (χ3v) is 4.25. The van der Waals surface area contributed by atoms with E-state index in [2.05, 4.69) is 20.8 Å². The van der Waals surface area contributed by atoms with E-state index >= 15 is 0 Å². The van der Waals surface area contributed by atoms with Crippen molar-refractivity contribution in [2.75, 3.05) is 12.8 Å². The zero-order valence-electron chi connectivity index (χ0n) is 13.6. The molecule has 0 spiro atoms. The number of nitrogens with two attached hydrogens (primary N) is 1. The van der Waals surface area contributed by atoms with Crippen LogP contribution < -0.4 is 5.73 Å². The first-order chi connectivity index (χ1) is 11.6. The van der Waals surface area contributed by atoms with Crippen molar-refractivity contribution in [3.8, 4) is 6.07 Å². The molecular formula is C17H18N4O2S. The van der Waals surface area contributed by atoms with Gasteiger partial charge in [-0.2, -0.15) is 5.26 Å². The molecule has 0 aliphatic rings. The number of thioether (sulfide) groups is 1. The van der Waals surface area contributed by atoms with Crippen molar-refractivity contribution in [2.45, 2.75) is 30.7 Å². The van der Waals surface area contributed by atoms with Gasteiger partial charge in [-0.25, -0.2) is 14.8 Å². The molecule has 1 aromatic heterocycles. The monoisotopic (exact) mass is 342 g/mol. The number of aryl methyl sites for hydroxylation is 1. The molecule has 0 aliphatic carbocycles. The summed E-state index contributed by atoms with van der Waals surface area (Å²) < 4.78 is 4.67. The van der Waals surface area contributed by atoms with Gasteiger partial charge in [0.25, 0.3) is 0 Å². The molecule has 0 fully saturated rings. The van der Waals surface area contributed by atoms with Crippen molar-refractivity contribution in [1.82, 2.24) is 9.97 Å². The van der Waals surface area contributed by atoms with E-state index in [1.807, 2.05) is 19.1 Å². The number of methoxy groups -OCH3 is 1. The van der Waals surface area contributed by atoms with Crippen molar-refractivity contribution in [3.05, 3.63) is 46.6 Å². The van der Waals surface area contributed by atoms with Crippen molar-refractivity contribution in [2.24, 2.45) is 0 Å². The SMILES string of the molecule is CCCc1nc(SCc2ccc(C(=O)OC)cc2)nc(N)c1C#N. The Labute approximate surface area is 145 Å². The van der Waals surface area contributed by atoms with E-state index in [0.717, 1.165) is 12.0 Å². The smallest absolute Gasteiger partial charge is 0.337 e. The molecule has 0 bridgehead atoms. The normalized spacial score (nSPS) is 10.2. The number of ether oxygens (including phenoxy) is 1. The molecule has 24 heavy (non-hydrogen) atoms. The van der Waals surface area contributed by atoms with Crippen molar-refractivity contribution in [3.63, 3.8) is 0 Å². The Morgan fingerprint density at radius 2 is 2.04 bits per heavy atom. The molecule has 0 saturated carbocycles. The highest BCUT2D eigenvalue weighted by Gasteiger charge is 2.12. The lowest BCUT2D eigenvalue weighted by Gasteiger charge is -2.08. The number of rotatable bonds is 6. The first kappa shape index (κ1) is 17.8. The van der Waals surface area contributed by atoms with Crippen LogP contribution in [0.1, 0.15) is 40.5 Å². The van der Waals surface area contributed by atoms with E-state index in [1.165, 1.54) is 18.9 Å². The van der Waals surface area contributed by atoms with Gasteiger partial charge in [-0.15, -0.1) is 0 Å². The lowest BCUT2D eigenvalue weighted by molar-refractivity contribution is 0.0600. The zero-order valence-corrected chi connectivity index (χ0v) is 14.4. The van der Waals surface area contributed by atoms with Crippen LogP contribution in [-0.2, 0) is 16.9 Å². The van der Waals surface area contributed by atoms with Gasteiger partial charge < -0.3 is 10.5 Å². The number of carbonyl (C=O) groups is 1. The third kappa shape index (κ3) is 4.24. The summed E-state index contributed by atoms with van der Waals surface area (Å²) in [6.45, 7) is 2.02. The van der Waals surface area contributed by atoms with E-state index in [4.69, 9.17) is 11.0 Å². The maximum atomic E-state index is 11.4. The Hall–Kier alpha value is -2.59. The van der Waals surface area contributed by atoms with Gasteiger partial charge >= 0.3 is 5.97 Å². The van der Waals surface area contributed by atoms with Gasteiger partial charge in [0.2, 0.25) is 0 Å². The third-order valence-electron chi connectivity index (χ3n) is 3.33. The number of esters is 1. The fourth-order valence-corrected chi connectivity index (χ4v) is 2.94. The lowest BCUT2D eigenvalue weighted by atomic mass is 10.1. The Balaban J connectivity index is 2.11. The van der Waals surface area contributed by atoms with Crippen LogP contribution >= 0.6 is 11.8 Å². The van der Waals surface area contributed by atoms with Gasteiger partial charge in [-0.3, -0.25) is 0 Å². The second-order valence-corrected chi connectivity index (χ2v) is 5.99. The first-order valence-electron chi connectivity index (χ1n) is 7.45. The van der Waals surface area contributed by atoms with Gasteiger partial charge in [0, 0.05) is 5.75 Å². The maximum Gasteiger partial charge on any atom is 0.337 e. The lowest BCUT2D eigenvalue weighted by Crippen LogP contribution is -2.05. The van der Waals surface area contributed by atoms with Gasteiger partial charge in [-0.05, 0) is 24.1 Å². The van der Waals surface area contributed by atoms with Crippen LogP contribution in [0.2, 0.25) is 0 Å². The number of anilines is 1. The molecule has 0 unspecified atom stereocenters. The molecule has 0 saturated heterocycles. The van der Waals surface area contributed by atoms with E-state index < -0.39 is 0 Å². The molecule has 0 radical (unpaired) electrons. The highest BCUT2D eigenvalue weighted by Crippen LogP contribution is 2.23. The van der Waals surface area contributed by atoms with Gasteiger partial charge in [0.1, 0.15) is 17.5 Å². The zero-order chi connectivity index (χ0) is 17.5. The topological polar surface area (TPSA) is 102 Å². The average molecular weight is 342 g/mol. The number of nitriles is 1. The maximum absolute atomic E-state index is 11.4. The Morgan fingerprint density at radius 1 is 1.33 bits per heavy atom. The standard InChI is InChI=1S/C17H18N4O2S/c1-3-4-14-13(9-18)15(19)21-17(20-14)24-10-11-5-7-12(8-6-11)16(22)23-2/h5-8H,3-4,10H2,1-2H3,(H2,19,20,21). The predicted octanol–water partition coefficient (Wildman–Crippen LogP) is 2.96. The highest BCUT2D eigenvalue weighted by molar-refractivity contribution is 7.98. The fourth-order valence-electron chi connectivity index (χ4n) is 2.11. The Kier molecular flexibility index (Phi) is 6.15. The second-order valence-electron chi connectivity index (χ2n) is 5.05. The van der Waals surface area contributed by atoms with Gasteiger partial charge in [0.15, 0.2) is 5.16 Å². The first-order valence-corrected chi connectivity index (χ1v) is 8.44. The van der Waals surface area contributed by atoms with Gasteiger partial charge in [0.05, 0.1) is 18.4 Å². The van der Waals surface area contributed by atoms with Crippen molar-refractivity contribution >= 4 is 23.5 Å². The average Bonchev–Trinajstić information content (AvgIpc) is 2.60. The summed E-state index contributed by atoms with van der Waals surface area (Å²) in [5, 5.41) is 9.71. The van der Waals surface area contributed by atoms with Crippen LogP contribution in [0.5, 0.6) is 0 Å². The van der Waals surface area contributed by atoms with Crippen LogP contribution in [0.15, 0.2) is 29.4 Å². The number of hydrogen-bond donors (Lipinski definition) is 1. The molecule has 0 amide bonds. The molecule has 124 valence electrons. The highest BCUT2D eigenvalue weighted by atomic mass is 32.2. The molecule has 7 heteroatoms. The molecule has 0 atom stereocenters. The minimum absolute atomic E-state index is 0.222. The van der Waals surface area contributed by atoms with Crippen LogP contribution in [0.25, 0.3) is 0 Å². The summed E-state index contributed by atoms with van der Waals surface area (Å²) in [5.41, 5.74) is 8.45. The number of carbonyl (C=O) groups excluding carboxylic acids is 1. The molecule has 1 heterocycles.